The monoisotopic (exact) mass is 423 g/mol. The van der Waals surface area contributed by atoms with Crippen LogP contribution in [0.4, 0.5) is 0 Å². The average molecular weight is 424 g/mol. The van der Waals surface area contributed by atoms with Crippen molar-refractivity contribution in [3.05, 3.63) is 30.5 Å². The Morgan fingerprint density at radius 1 is 1.10 bits per heavy atom. The largest absolute Gasteiger partial charge is 0.474 e. The molecule has 3 aromatic rings. The molecule has 0 saturated heterocycles. The Hall–Kier alpha value is -2.32. The van der Waals surface area contributed by atoms with Gasteiger partial charge >= 0.3 is 0 Å². The van der Waals surface area contributed by atoms with Gasteiger partial charge in [-0.1, -0.05) is 19.6 Å². The topological polar surface area (TPSA) is 75.0 Å². The van der Waals surface area contributed by atoms with E-state index in [4.69, 9.17) is 19.4 Å². The Morgan fingerprint density at radius 3 is 2.67 bits per heavy atom. The minimum atomic E-state index is -1.08. The first-order valence-electron chi connectivity index (χ1n) is 10.9. The van der Waals surface area contributed by atoms with Crippen LogP contribution in [-0.2, 0) is 11.5 Å². The van der Waals surface area contributed by atoms with Crippen LogP contribution >= 0.6 is 0 Å². The summed E-state index contributed by atoms with van der Waals surface area (Å²) in [6.07, 6.45) is 10.3. The minimum absolute atomic E-state index is 0.267. The molecule has 0 atom stereocenters. The zero-order valence-corrected chi connectivity index (χ0v) is 19.0. The van der Waals surface area contributed by atoms with Gasteiger partial charge in [0.15, 0.2) is 5.82 Å². The van der Waals surface area contributed by atoms with E-state index < -0.39 is 8.07 Å². The zero-order valence-electron chi connectivity index (χ0n) is 18.0. The van der Waals surface area contributed by atoms with Crippen LogP contribution in [0.25, 0.3) is 22.4 Å². The molecule has 3 heterocycles. The number of aromatic nitrogens is 5. The summed E-state index contributed by atoms with van der Waals surface area (Å²) >= 11 is 0. The van der Waals surface area contributed by atoms with Gasteiger partial charge in [0.2, 0.25) is 5.88 Å². The van der Waals surface area contributed by atoms with E-state index in [1.165, 1.54) is 0 Å². The van der Waals surface area contributed by atoms with Crippen LogP contribution in [0.15, 0.2) is 24.8 Å². The molecule has 2 saturated carbocycles. The summed E-state index contributed by atoms with van der Waals surface area (Å²) in [6, 6.07) is 3.18. The maximum Gasteiger partial charge on any atom is 0.228 e. The van der Waals surface area contributed by atoms with Gasteiger partial charge in [-0.3, -0.25) is 0 Å². The molecule has 0 aliphatic heterocycles. The molecular formula is C22H29N5O2Si. The standard InChI is InChI=1S/C22H29N5O2Si/c1-30(2,3)11-10-28-14-27-9-8-17-18(27)12-23-21(26-17)19-20(15-4-5-15)24-13-25-22(19)29-16-6-7-16/h8-9,12-13,15-16H,4-7,10-11,14H2,1-3H3. The first kappa shape index (κ1) is 19.6. The average Bonchev–Trinajstić information content (AvgIpc) is 3.63. The summed E-state index contributed by atoms with van der Waals surface area (Å²) in [5.41, 5.74) is 3.76. The van der Waals surface area contributed by atoms with E-state index in [2.05, 4.69) is 34.2 Å². The van der Waals surface area contributed by atoms with Gasteiger partial charge in [0.05, 0.1) is 22.9 Å². The van der Waals surface area contributed by atoms with Crippen molar-refractivity contribution in [2.45, 2.75) is 70.1 Å². The summed E-state index contributed by atoms with van der Waals surface area (Å²) in [6.45, 7) is 8.40. The zero-order chi connectivity index (χ0) is 20.7. The Kier molecular flexibility index (Phi) is 5.06. The van der Waals surface area contributed by atoms with Gasteiger partial charge in [-0.05, 0) is 37.8 Å². The van der Waals surface area contributed by atoms with E-state index in [-0.39, 0.29) is 6.10 Å². The van der Waals surface area contributed by atoms with Crippen molar-refractivity contribution >= 4 is 19.1 Å². The second kappa shape index (κ2) is 7.74. The normalized spacial score (nSPS) is 16.9. The molecule has 0 spiro atoms. The van der Waals surface area contributed by atoms with Crippen molar-refractivity contribution in [2.24, 2.45) is 0 Å². The highest BCUT2D eigenvalue weighted by atomic mass is 28.3. The van der Waals surface area contributed by atoms with Crippen molar-refractivity contribution in [1.82, 2.24) is 24.5 Å². The molecule has 0 radical (unpaired) electrons. The van der Waals surface area contributed by atoms with E-state index >= 15 is 0 Å². The highest BCUT2D eigenvalue weighted by Gasteiger charge is 2.33. The fourth-order valence-corrected chi connectivity index (χ4v) is 4.20. The summed E-state index contributed by atoms with van der Waals surface area (Å²) in [4.78, 5) is 18.5. The van der Waals surface area contributed by atoms with Crippen molar-refractivity contribution in [2.75, 3.05) is 6.61 Å². The molecule has 2 aliphatic carbocycles. The molecule has 5 rings (SSSR count). The fourth-order valence-electron chi connectivity index (χ4n) is 3.44. The molecule has 158 valence electrons. The predicted molar refractivity (Wildman–Crippen MR) is 118 cm³/mol. The smallest absolute Gasteiger partial charge is 0.228 e. The van der Waals surface area contributed by atoms with Crippen LogP contribution in [0.3, 0.4) is 0 Å². The lowest BCUT2D eigenvalue weighted by atomic mass is 10.1. The van der Waals surface area contributed by atoms with E-state index in [1.54, 1.807) is 6.33 Å². The van der Waals surface area contributed by atoms with Crippen molar-refractivity contribution in [3.63, 3.8) is 0 Å². The second-order valence-electron chi connectivity index (χ2n) is 9.63. The third-order valence-electron chi connectivity index (χ3n) is 5.58. The van der Waals surface area contributed by atoms with Crippen molar-refractivity contribution in [1.29, 1.82) is 0 Å². The Balaban J connectivity index is 1.41. The van der Waals surface area contributed by atoms with E-state index in [0.29, 0.717) is 24.4 Å². The molecule has 2 fully saturated rings. The predicted octanol–water partition coefficient (Wildman–Crippen LogP) is 4.62. The molecule has 0 bridgehead atoms. The van der Waals surface area contributed by atoms with Crippen molar-refractivity contribution in [3.8, 4) is 17.3 Å². The molecule has 0 amide bonds. The summed E-state index contributed by atoms with van der Waals surface area (Å²) < 4.78 is 14.1. The van der Waals surface area contributed by atoms with Gasteiger partial charge in [-0.2, -0.15) is 0 Å². The summed E-state index contributed by atoms with van der Waals surface area (Å²) in [5, 5.41) is 0. The van der Waals surface area contributed by atoms with Crippen LogP contribution in [0.5, 0.6) is 5.88 Å². The molecule has 7 nitrogen and oxygen atoms in total. The quantitative estimate of drug-likeness (QED) is 0.369. The Bertz CT molecular complexity index is 1050. The van der Waals surface area contributed by atoms with Gasteiger partial charge in [0.1, 0.15) is 24.7 Å². The molecule has 2 aliphatic rings. The molecule has 0 N–H and O–H groups in total. The maximum atomic E-state index is 6.09. The van der Waals surface area contributed by atoms with Gasteiger partial charge < -0.3 is 14.0 Å². The number of ether oxygens (including phenoxy) is 2. The SMILES string of the molecule is C[Si](C)(C)CCOCn1ccc2nc(-c3c(OC4CC4)ncnc3C3CC3)ncc21. The lowest BCUT2D eigenvalue weighted by Crippen LogP contribution is -2.21. The van der Waals surface area contributed by atoms with Crippen LogP contribution in [0, 0.1) is 0 Å². The first-order chi connectivity index (χ1) is 14.5. The number of nitrogens with zero attached hydrogens (tertiary/aromatic N) is 5. The van der Waals surface area contributed by atoms with Gasteiger partial charge in [0, 0.05) is 26.8 Å². The summed E-state index contributed by atoms with van der Waals surface area (Å²) in [7, 11) is -1.08. The number of hydrogen-bond acceptors (Lipinski definition) is 6. The Labute approximate surface area is 177 Å². The molecule has 8 heteroatoms. The first-order valence-corrected chi connectivity index (χ1v) is 14.6. The minimum Gasteiger partial charge on any atom is -0.474 e. The number of fused-ring (bicyclic) bond motifs is 1. The van der Waals surface area contributed by atoms with E-state index in [0.717, 1.165) is 60.6 Å². The van der Waals surface area contributed by atoms with Gasteiger partial charge in [-0.15, -0.1) is 0 Å². The van der Waals surface area contributed by atoms with Crippen LogP contribution in [0.1, 0.15) is 37.3 Å². The van der Waals surface area contributed by atoms with E-state index in [1.807, 2.05) is 18.5 Å². The van der Waals surface area contributed by atoms with Gasteiger partial charge in [-0.25, -0.2) is 19.9 Å². The third kappa shape index (κ3) is 4.39. The number of rotatable bonds is 9. The van der Waals surface area contributed by atoms with Crippen LogP contribution in [0.2, 0.25) is 25.7 Å². The highest BCUT2D eigenvalue weighted by molar-refractivity contribution is 6.76. The van der Waals surface area contributed by atoms with Crippen molar-refractivity contribution < 1.29 is 9.47 Å². The Morgan fingerprint density at radius 2 is 1.93 bits per heavy atom. The summed E-state index contributed by atoms with van der Waals surface area (Å²) in [5.74, 6) is 1.74. The number of hydrogen-bond donors (Lipinski definition) is 0. The molecule has 30 heavy (non-hydrogen) atoms. The van der Waals surface area contributed by atoms with Crippen LogP contribution in [-0.4, -0.2) is 45.3 Å². The van der Waals surface area contributed by atoms with Crippen LogP contribution < -0.4 is 4.74 Å². The lowest BCUT2D eigenvalue weighted by Gasteiger charge is -2.15. The third-order valence-corrected chi connectivity index (χ3v) is 7.28. The van der Waals surface area contributed by atoms with Gasteiger partial charge in [0.25, 0.3) is 0 Å². The molecule has 0 unspecified atom stereocenters. The maximum absolute atomic E-state index is 6.09. The second-order valence-corrected chi connectivity index (χ2v) is 15.2. The molecule has 0 aromatic carbocycles. The highest BCUT2D eigenvalue weighted by Crippen LogP contribution is 2.45. The molecular weight excluding hydrogens is 394 g/mol. The lowest BCUT2D eigenvalue weighted by molar-refractivity contribution is 0.0902. The van der Waals surface area contributed by atoms with E-state index in [9.17, 15) is 0 Å². The fraction of sp³-hybridized carbons (Fsp3) is 0.545. The molecule has 3 aromatic heterocycles.